The normalized spacial score (nSPS) is 10.5. The van der Waals surface area contributed by atoms with Crippen LogP contribution in [0.4, 0.5) is 0 Å². The maximum atomic E-state index is 12.4. The van der Waals surface area contributed by atoms with Gasteiger partial charge in [-0.3, -0.25) is 4.79 Å². The van der Waals surface area contributed by atoms with Crippen LogP contribution in [0.3, 0.4) is 0 Å². The highest BCUT2D eigenvalue weighted by Crippen LogP contribution is 2.29. The molecule has 174 valence electrons. The fourth-order valence-corrected chi connectivity index (χ4v) is 2.92. The van der Waals surface area contributed by atoms with Gasteiger partial charge in [0.2, 0.25) is 0 Å². The Labute approximate surface area is 202 Å². The van der Waals surface area contributed by atoms with Crippen molar-refractivity contribution in [3.05, 3.63) is 101 Å². The van der Waals surface area contributed by atoms with Crippen molar-refractivity contribution in [2.75, 3.05) is 13.2 Å². The molecule has 0 atom stereocenters. The van der Waals surface area contributed by atoms with E-state index < -0.39 is 5.97 Å². The molecule has 34 heavy (non-hydrogen) atoms. The lowest BCUT2D eigenvalue weighted by Gasteiger charge is -2.11. The Balaban J connectivity index is 1.64. The van der Waals surface area contributed by atoms with E-state index in [-0.39, 0.29) is 11.7 Å². The molecule has 0 aliphatic heterocycles. The van der Waals surface area contributed by atoms with Crippen molar-refractivity contribution in [1.29, 1.82) is 0 Å². The summed E-state index contributed by atoms with van der Waals surface area (Å²) in [6, 6.07) is 18.0. The van der Waals surface area contributed by atoms with Crippen LogP contribution in [0.1, 0.15) is 33.2 Å². The molecule has 0 aliphatic rings. The number of rotatable bonds is 10. The van der Waals surface area contributed by atoms with Crippen LogP contribution in [0.5, 0.6) is 17.2 Å². The fraction of sp³-hybridized carbons (Fsp3) is 0.115. The molecule has 8 heteroatoms. The van der Waals surface area contributed by atoms with Gasteiger partial charge in [-0.15, -0.1) is 0 Å². The van der Waals surface area contributed by atoms with Crippen molar-refractivity contribution in [1.82, 2.24) is 5.43 Å². The molecular weight excluding hydrogens is 456 g/mol. The number of carbonyl (C=O) groups is 2. The summed E-state index contributed by atoms with van der Waals surface area (Å²) in [6.07, 6.45) is 3.11. The van der Waals surface area contributed by atoms with Gasteiger partial charge >= 0.3 is 5.97 Å². The topological polar surface area (TPSA) is 86.2 Å². The molecule has 0 saturated carbocycles. The van der Waals surface area contributed by atoms with Gasteiger partial charge in [-0.2, -0.15) is 5.10 Å². The van der Waals surface area contributed by atoms with E-state index >= 15 is 0 Å². The van der Waals surface area contributed by atoms with Crippen LogP contribution < -0.4 is 19.6 Å². The van der Waals surface area contributed by atoms with Crippen molar-refractivity contribution in [2.45, 2.75) is 6.92 Å². The van der Waals surface area contributed by atoms with E-state index in [4.69, 9.17) is 25.8 Å². The molecule has 1 N–H and O–H groups in total. The molecule has 3 aromatic carbocycles. The molecule has 3 rings (SSSR count). The molecular formula is C26H23ClN2O5. The van der Waals surface area contributed by atoms with Gasteiger partial charge in [0, 0.05) is 10.6 Å². The van der Waals surface area contributed by atoms with E-state index in [2.05, 4.69) is 17.1 Å². The van der Waals surface area contributed by atoms with Crippen LogP contribution in [0, 0.1) is 0 Å². The van der Waals surface area contributed by atoms with Gasteiger partial charge in [0.15, 0.2) is 11.5 Å². The number of ether oxygens (including phenoxy) is 3. The summed E-state index contributed by atoms with van der Waals surface area (Å²) < 4.78 is 16.5. The maximum absolute atomic E-state index is 12.4. The highest BCUT2D eigenvalue weighted by atomic mass is 35.5. The van der Waals surface area contributed by atoms with Gasteiger partial charge in [0.1, 0.15) is 12.4 Å². The molecule has 0 aliphatic carbocycles. The lowest BCUT2D eigenvalue weighted by atomic mass is 10.2. The predicted molar refractivity (Wildman–Crippen MR) is 131 cm³/mol. The van der Waals surface area contributed by atoms with Crippen LogP contribution in [0.2, 0.25) is 5.02 Å². The number of nitrogens with one attached hydrogen (secondary N) is 1. The van der Waals surface area contributed by atoms with E-state index in [9.17, 15) is 9.59 Å². The van der Waals surface area contributed by atoms with Gasteiger partial charge in [0.25, 0.3) is 5.91 Å². The van der Waals surface area contributed by atoms with Gasteiger partial charge in [-0.1, -0.05) is 24.3 Å². The molecule has 0 heterocycles. The third kappa shape index (κ3) is 6.95. The number of esters is 1. The summed E-state index contributed by atoms with van der Waals surface area (Å²) in [4.78, 5) is 24.7. The Bertz CT molecular complexity index is 1170. The Hall–Kier alpha value is -4.10. The van der Waals surface area contributed by atoms with Crippen LogP contribution in [0.15, 0.2) is 84.5 Å². The number of nitrogens with zero attached hydrogens (tertiary/aromatic N) is 1. The minimum atomic E-state index is -0.535. The molecule has 0 saturated heterocycles. The maximum Gasteiger partial charge on any atom is 0.343 e. The molecule has 3 aromatic rings. The third-order valence-electron chi connectivity index (χ3n) is 4.41. The second-order valence-electron chi connectivity index (χ2n) is 6.86. The lowest BCUT2D eigenvalue weighted by Crippen LogP contribution is -2.17. The molecule has 1 amide bonds. The summed E-state index contributed by atoms with van der Waals surface area (Å²) in [7, 11) is 0. The van der Waals surface area contributed by atoms with Gasteiger partial charge in [0.05, 0.1) is 18.4 Å². The number of halogens is 1. The smallest absolute Gasteiger partial charge is 0.343 e. The number of hydrazone groups is 1. The first kappa shape index (κ1) is 24.5. The first-order valence-corrected chi connectivity index (χ1v) is 10.8. The Morgan fingerprint density at radius 1 is 0.971 bits per heavy atom. The molecule has 0 spiro atoms. The van der Waals surface area contributed by atoms with E-state index in [0.717, 1.165) is 0 Å². The zero-order chi connectivity index (χ0) is 24.3. The monoisotopic (exact) mass is 478 g/mol. The number of hydrogen-bond donors (Lipinski definition) is 1. The predicted octanol–water partition coefficient (Wildman–Crippen LogP) is 5.29. The molecule has 0 bridgehead atoms. The first-order valence-electron chi connectivity index (χ1n) is 10.4. The van der Waals surface area contributed by atoms with Gasteiger partial charge in [-0.25, -0.2) is 10.2 Å². The standard InChI is InChI=1S/C26H23ClN2O5/c1-3-15-33-22-12-8-19(9-13-22)25(30)29-28-17-18-5-14-23(24(16-18)32-4-2)34-26(31)20-6-10-21(27)11-7-20/h3,5-14,16-17H,1,4,15H2,2H3,(H,29,30)/b28-17+. The van der Waals surface area contributed by atoms with Crippen molar-refractivity contribution >= 4 is 29.7 Å². The van der Waals surface area contributed by atoms with E-state index in [1.807, 2.05) is 6.92 Å². The zero-order valence-corrected chi connectivity index (χ0v) is 19.2. The van der Waals surface area contributed by atoms with Crippen molar-refractivity contribution in [2.24, 2.45) is 5.10 Å². The van der Waals surface area contributed by atoms with Crippen molar-refractivity contribution < 1.29 is 23.8 Å². The molecule has 0 unspecified atom stereocenters. The highest BCUT2D eigenvalue weighted by molar-refractivity contribution is 6.30. The quantitative estimate of drug-likeness (QED) is 0.141. The minimum Gasteiger partial charge on any atom is -0.490 e. The van der Waals surface area contributed by atoms with Crippen molar-refractivity contribution in [3.8, 4) is 17.2 Å². The van der Waals surface area contributed by atoms with Gasteiger partial charge in [-0.05, 0) is 79.2 Å². The summed E-state index contributed by atoms with van der Waals surface area (Å²) >= 11 is 5.86. The summed E-state index contributed by atoms with van der Waals surface area (Å²) in [6.45, 7) is 6.17. The van der Waals surface area contributed by atoms with Crippen LogP contribution in [0.25, 0.3) is 0 Å². The molecule has 7 nitrogen and oxygen atoms in total. The van der Waals surface area contributed by atoms with Gasteiger partial charge < -0.3 is 14.2 Å². The Morgan fingerprint density at radius 2 is 1.68 bits per heavy atom. The summed E-state index contributed by atoms with van der Waals surface area (Å²) in [5.74, 6) is 0.370. The molecule has 0 radical (unpaired) electrons. The first-order chi connectivity index (χ1) is 16.5. The Morgan fingerprint density at radius 3 is 2.35 bits per heavy atom. The van der Waals surface area contributed by atoms with Crippen LogP contribution in [-0.2, 0) is 0 Å². The van der Waals surface area contributed by atoms with E-state index in [1.54, 1.807) is 72.8 Å². The average molecular weight is 479 g/mol. The van der Waals surface area contributed by atoms with Crippen LogP contribution in [-0.4, -0.2) is 31.3 Å². The summed E-state index contributed by atoms with van der Waals surface area (Å²) in [5.41, 5.74) is 3.91. The van der Waals surface area contributed by atoms with Crippen molar-refractivity contribution in [3.63, 3.8) is 0 Å². The SMILES string of the molecule is C=CCOc1ccc(C(=O)N/N=C/c2ccc(OC(=O)c3ccc(Cl)cc3)c(OCC)c2)cc1. The highest BCUT2D eigenvalue weighted by Gasteiger charge is 2.13. The zero-order valence-electron chi connectivity index (χ0n) is 18.5. The van der Waals surface area contributed by atoms with Crippen LogP contribution >= 0.6 is 11.6 Å². The largest absolute Gasteiger partial charge is 0.490 e. The number of benzene rings is 3. The minimum absolute atomic E-state index is 0.266. The second-order valence-corrected chi connectivity index (χ2v) is 7.30. The number of amides is 1. The number of carbonyl (C=O) groups excluding carboxylic acids is 2. The molecule has 0 fully saturated rings. The summed E-state index contributed by atoms with van der Waals surface area (Å²) in [5, 5.41) is 4.52. The second kappa shape index (κ2) is 12.2. The fourth-order valence-electron chi connectivity index (χ4n) is 2.79. The Kier molecular flexibility index (Phi) is 8.82. The number of hydrogen-bond acceptors (Lipinski definition) is 6. The van der Waals surface area contributed by atoms with E-state index in [0.29, 0.717) is 46.4 Å². The lowest BCUT2D eigenvalue weighted by molar-refractivity contribution is 0.0728. The average Bonchev–Trinajstić information content (AvgIpc) is 2.85. The van der Waals surface area contributed by atoms with E-state index in [1.165, 1.54) is 6.21 Å². The third-order valence-corrected chi connectivity index (χ3v) is 4.67. The molecule has 0 aromatic heterocycles.